The third kappa shape index (κ3) is 2.36. The first kappa shape index (κ1) is 11.4. The largest absolute Gasteiger partial charge is 0.329 e. The molecule has 0 heterocycles. The summed E-state index contributed by atoms with van der Waals surface area (Å²) in [5.74, 6) is 0.889. The molecule has 0 amide bonds. The summed E-state index contributed by atoms with van der Waals surface area (Å²) in [7, 11) is 0. The van der Waals surface area contributed by atoms with Crippen molar-refractivity contribution in [2.24, 2.45) is 11.7 Å². The highest BCUT2D eigenvalue weighted by Crippen LogP contribution is 2.46. The molecule has 2 fully saturated rings. The van der Waals surface area contributed by atoms with Crippen LogP contribution in [0.15, 0.2) is 0 Å². The lowest BCUT2D eigenvalue weighted by Gasteiger charge is -2.41. The molecule has 88 valence electrons. The van der Waals surface area contributed by atoms with E-state index in [0.29, 0.717) is 5.54 Å². The van der Waals surface area contributed by atoms with Crippen LogP contribution in [0.2, 0.25) is 0 Å². The minimum atomic E-state index is 0.316. The van der Waals surface area contributed by atoms with E-state index in [-0.39, 0.29) is 0 Å². The molecule has 2 nitrogen and oxygen atoms in total. The zero-order chi connectivity index (χ0) is 10.9. The van der Waals surface area contributed by atoms with E-state index in [1.807, 2.05) is 0 Å². The number of nitrogens with two attached hydrogens (primary N) is 1. The van der Waals surface area contributed by atoms with Gasteiger partial charge in [0, 0.05) is 18.1 Å². The van der Waals surface area contributed by atoms with Gasteiger partial charge in [-0.2, -0.15) is 0 Å². The summed E-state index contributed by atoms with van der Waals surface area (Å²) in [5.41, 5.74) is 6.36. The molecule has 2 N–H and O–H groups in total. The lowest BCUT2D eigenvalue weighted by molar-refractivity contribution is 0.0785. The molecule has 0 radical (unpaired) electrons. The molecule has 1 unspecified atom stereocenters. The van der Waals surface area contributed by atoms with Gasteiger partial charge in [0.25, 0.3) is 0 Å². The number of hydrogen-bond acceptors (Lipinski definition) is 2. The summed E-state index contributed by atoms with van der Waals surface area (Å²) >= 11 is 0. The van der Waals surface area contributed by atoms with Crippen LogP contribution in [0.25, 0.3) is 0 Å². The molecule has 0 spiro atoms. The second-order valence-corrected chi connectivity index (χ2v) is 5.61. The Hall–Kier alpha value is -0.0800. The van der Waals surface area contributed by atoms with E-state index in [1.165, 1.54) is 45.1 Å². The zero-order valence-corrected chi connectivity index (χ0v) is 10.3. The molecule has 2 saturated carbocycles. The maximum atomic E-state index is 6.04. The summed E-state index contributed by atoms with van der Waals surface area (Å²) in [6.45, 7) is 6.80. The van der Waals surface area contributed by atoms with E-state index in [0.717, 1.165) is 18.5 Å². The van der Waals surface area contributed by atoms with Crippen molar-refractivity contribution in [1.29, 1.82) is 0 Å². The summed E-state index contributed by atoms with van der Waals surface area (Å²) < 4.78 is 0. The minimum absolute atomic E-state index is 0.316. The Balaban J connectivity index is 1.99. The second-order valence-electron chi connectivity index (χ2n) is 5.61. The van der Waals surface area contributed by atoms with E-state index in [4.69, 9.17) is 5.73 Å². The van der Waals surface area contributed by atoms with Crippen LogP contribution in [0.1, 0.15) is 52.4 Å². The minimum Gasteiger partial charge on any atom is -0.329 e. The molecule has 1 atom stereocenters. The third-order valence-electron chi connectivity index (χ3n) is 4.27. The van der Waals surface area contributed by atoms with Crippen molar-refractivity contribution in [3.63, 3.8) is 0 Å². The van der Waals surface area contributed by atoms with E-state index >= 15 is 0 Å². The molecular weight excluding hydrogens is 184 g/mol. The van der Waals surface area contributed by atoms with Crippen LogP contribution in [0, 0.1) is 5.92 Å². The van der Waals surface area contributed by atoms with Crippen LogP contribution < -0.4 is 5.73 Å². The second kappa shape index (κ2) is 4.42. The van der Waals surface area contributed by atoms with Crippen LogP contribution in [0.4, 0.5) is 0 Å². The first-order valence-electron chi connectivity index (χ1n) is 6.69. The molecule has 2 aliphatic rings. The monoisotopic (exact) mass is 210 g/mol. The SMILES string of the molecule is CCCCN(C1CC1)C(C)(CN)C1CC1. The summed E-state index contributed by atoms with van der Waals surface area (Å²) in [6.07, 6.45) is 8.26. The van der Waals surface area contributed by atoms with Gasteiger partial charge >= 0.3 is 0 Å². The predicted octanol–water partition coefficient (Wildman–Crippen LogP) is 2.38. The lowest BCUT2D eigenvalue weighted by atomic mass is 9.92. The van der Waals surface area contributed by atoms with Gasteiger partial charge in [-0.15, -0.1) is 0 Å². The molecular formula is C13H26N2. The topological polar surface area (TPSA) is 29.3 Å². The Labute approximate surface area is 94.2 Å². The predicted molar refractivity (Wildman–Crippen MR) is 64.8 cm³/mol. The van der Waals surface area contributed by atoms with Crippen LogP contribution in [0.3, 0.4) is 0 Å². The Morgan fingerprint density at radius 2 is 1.93 bits per heavy atom. The van der Waals surface area contributed by atoms with Crippen LogP contribution >= 0.6 is 0 Å². The van der Waals surface area contributed by atoms with Crippen molar-refractivity contribution >= 4 is 0 Å². The Morgan fingerprint density at radius 3 is 2.33 bits per heavy atom. The molecule has 2 rings (SSSR count). The molecule has 2 heteroatoms. The van der Waals surface area contributed by atoms with Crippen molar-refractivity contribution in [3.05, 3.63) is 0 Å². The quantitative estimate of drug-likeness (QED) is 0.699. The van der Waals surface area contributed by atoms with Gasteiger partial charge in [0.05, 0.1) is 0 Å². The first-order valence-corrected chi connectivity index (χ1v) is 6.69. The van der Waals surface area contributed by atoms with Crippen LogP contribution in [-0.4, -0.2) is 29.6 Å². The summed E-state index contributed by atoms with van der Waals surface area (Å²) in [5, 5.41) is 0. The van der Waals surface area contributed by atoms with Gasteiger partial charge in [0.1, 0.15) is 0 Å². The van der Waals surface area contributed by atoms with E-state index < -0.39 is 0 Å². The fourth-order valence-corrected chi connectivity index (χ4v) is 2.79. The highest BCUT2D eigenvalue weighted by Gasteiger charge is 2.48. The third-order valence-corrected chi connectivity index (χ3v) is 4.27. The molecule has 0 saturated heterocycles. The van der Waals surface area contributed by atoms with Gasteiger partial charge in [-0.25, -0.2) is 0 Å². The van der Waals surface area contributed by atoms with Crippen molar-refractivity contribution < 1.29 is 0 Å². The Morgan fingerprint density at radius 1 is 1.27 bits per heavy atom. The summed E-state index contributed by atoms with van der Waals surface area (Å²) in [6, 6.07) is 0.866. The normalized spacial score (nSPS) is 25.6. The average Bonchev–Trinajstić information content (AvgIpc) is 3.06. The van der Waals surface area contributed by atoms with Crippen molar-refractivity contribution in [1.82, 2.24) is 4.90 Å². The first-order chi connectivity index (χ1) is 7.22. The highest BCUT2D eigenvalue weighted by molar-refractivity contribution is 5.04. The molecule has 0 bridgehead atoms. The van der Waals surface area contributed by atoms with Gasteiger partial charge in [-0.1, -0.05) is 13.3 Å². The smallest absolute Gasteiger partial charge is 0.0334 e. The molecule has 0 aromatic heterocycles. The van der Waals surface area contributed by atoms with Gasteiger partial charge in [-0.3, -0.25) is 4.90 Å². The molecule has 15 heavy (non-hydrogen) atoms. The molecule has 0 aromatic carbocycles. The van der Waals surface area contributed by atoms with Gasteiger partial charge in [0.15, 0.2) is 0 Å². The van der Waals surface area contributed by atoms with Crippen molar-refractivity contribution in [3.8, 4) is 0 Å². The van der Waals surface area contributed by atoms with Crippen molar-refractivity contribution in [2.75, 3.05) is 13.1 Å². The summed E-state index contributed by atoms with van der Waals surface area (Å²) in [4.78, 5) is 2.74. The Kier molecular flexibility index (Phi) is 3.36. The van der Waals surface area contributed by atoms with Crippen LogP contribution in [-0.2, 0) is 0 Å². The fraction of sp³-hybridized carbons (Fsp3) is 1.00. The average molecular weight is 210 g/mol. The van der Waals surface area contributed by atoms with E-state index in [1.54, 1.807) is 0 Å². The van der Waals surface area contributed by atoms with Gasteiger partial charge in [-0.05, 0) is 51.5 Å². The number of nitrogens with zero attached hydrogens (tertiary/aromatic N) is 1. The molecule has 2 aliphatic carbocycles. The zero-order valence-electron chi connectivity index (χ0n) is 10.3. The lowest BCUT2D eigenvalue weighted by Crippen LogP contribution is -2.54. The standard InChI is InChI=1S/C13H26N2/c1-3-4-9-15(12-7-8-12)13(2,10-14)11-5-6-11/h11-12H,3-10,14H2,1-2H3. The maximum Gasteiger partial charge on any atom is 0.0334 e. The van der Waals surface area contributed by atoms with Crippen molar-refractivity contribution in [2.45, 2.75) is 64.0 Å². The Bertz CT molecular complexity index is 209. The molecule has 0 aromatic rings. The number of rotatable bonds is 7. The highest BCUT2D eigenvalue weighted by atomic mass is 15.3. The number of unbranched alkanes of at least 4 members (excludes halogenated alkanes) is 1. The van der Waals surface area contributed by atoms with Gasteiger partial charge in [0.2, 0.25) is 0 Å². The fourth-order valence-electron chi connectivity index (χ4n) is 2.79. The molecule has 0 aliphatic heterocycles. The van der Waals surface area contributed by atoms with E-state index in [2.05, 4.69) is 18.7 Å². The number of hydrogen-bond donors (Lipinski definition) is 1. The van der Waals surface area contributed by atoms with Crippen LogP contribution in [0.5, 0.6) is 0 Å². The maximum absolute atomic E-state index is 6.04. The van der Waals surface area contributed by atoms with E-state index in [9.17, 15) is 0 Å². The van der Waals surface area contributed by atoms with Gasteiger partial charge < -0.3 is 5.73 Å².